The van der Waals surface area contributed by atoms with E-state index >= 15 is 0 Å². The highest BCUT2D eigenvalue weighted by Crippen LogP contribution is 2.31. The molecular weight excluding hydrogens is 397 g/mol. The Kier molecular flexibility index (Phi) is 5.19. The minimum absolute atomic E-state index is 0.427. The number of pyridine rings is 1. The summed E-state index contributed by atoms with van der Waals surface area (Å²) in [5, 5.41) is 3.35. The Bertz CT molecular complexity index is 1140. The SMILES string of the molecule is Cc1cc(Nc2ccccc2)cc2nc(CSc3ccnc(C(F)(F)F)c3)[nH]c12. The maximum absolute atomic E-state index is 12.8. The minimum atomic E-state index is -4.45. The predicted molar refractivity (Wildman–Crippen MR) is 109 cm³/mol. The van der Waals surface area contributed by atoms with Gasteiger partial charge < -0.3 is 10.3 Å². The van der Waals surface area contributed by atoms with Gasteiger partial charge in [-0.05, 0) is 48.9 Å². The molecule has 0 aliphatic rings. The number of rotatable bonds is 5. The number of alkyl halides is 3. The Morgan fingerprint density at radius 2 is 1.83 bits per heavy atom. The molecule has 148 valence electrons. The molecule has 4 rings (SSSR count). The summed E-state index contributed by atoms with van der Waals surface area (Å²) in [6.45, 7) is 1.99. The molecule has 0 amide bonds. The van der Waals surface area contributed by atoms with Crippen LogP contribution in [0.15, 0.2) is 65.7 Å². The molecule has 2 N–H and O–H groups in total. The molecule has 0 saturated heterocycles. The minimum Gasteiger partial charge on any atom is -0.355 e. The van der Waals surface area contributed by atoms with Crippen molar-refractivity contribution in [3.8, 4) is 0 Å². The second kappa shape index (κ2) is 7.79. The molecule has 29 heavy (non-hydrogen) atoms. The van der Waals surface area contributed by atoms with E-state index in [-0.39, 0.29) is 0 Å². The number of nitrogens with zero attached hydrogens (tertiary/aromatic N) is 2. The number of H-pyrrole nitrogens is 1. The van der Waals surface area contributed by atoms with Gasteiger partial charge in [-0.25, -0.2) is 4.98 Å². The molecule has 0 radical (unpaired) electrons. The summed E-state index contributed by atoms with van der Waals surface area (Å²) in [6, 6.07) is 16.4. The van der Waals surface area contributed by atoms with Crippen LogP contribution in [0, 0.1) is 6.92 Å². The number of imidazole rings is 1. The summed E-state index contributed by atoms with van der Waals surface area (Å²) in [4.78, 5) is 11.8. The van der Waals surface area contributed by atoms with Gasteiger partial charge in [0.05, 0.1) is 16.8 Å². The summed E-state index contributed by atoms with van der Waals surface area (Å²) in [6.07, 6.45) is -3.27. The van der Waals surface area contributed by atoms with Crippen molar-refractivity contribution < 1.29 is 13.2 Å². The van der Waals surface area contributed by atoms with Crippen LogP contribution >= 0.6 is 11.8 Å². The predicted octanol–water partition coefficient (Wildman–Crippen LogP) is 6.32. The number of anilines is 2. The molecule has 8 heteroatoms. The van der Waals surface area contributed by atoms with Crippen LogP contribution in [0.25, 0.3) is 11.0 Å². The van der Waals surface area contributed by atoms with Gasteiger partial charge in [-0.1, -0.05) is 18.2 Å². The molecule has 0 atom stereocenters. The number of hydrogen-bond acceptors (Lipinski definition) is 4. The third-order valence-electron chi connectivity index (χ3n) is 4.30. The number of aryl methyl sites for hydroxylation is 1. The molecule has 4 nitrogen and oxygen atoms in total. The third-order valence-corrected chi connectivity index (χ3v) is 5.30. The molecular formula is C21H17F3N4S. The summed E-state index contributed by atoms with van der Waals surface area (Å²) < 4.78 is 38.4. The monoisotopic (exact) mass is 414 g/mol. The first-order valence-corrected chi connectivity index (χ1v) is 9.84. The topological polar surface area (TPSA) is 53.6 Å². The smallest absolute Gasteiger partial charge is 0.355 e. The summed E-state index contributed by atoms with van der Waals surface area (Å²) in [5.74, 6) is 1.13. The van der Waals surface area contributed by atoms with Crippen molar-refractivity contribution in [1.29, 1.82) is 0 Å². The summed E-state index contributed by atoms with van der Waals surface area (Å²) in [7, 11) is 0. The van der Waals surface area contributed by atoms with Crippen molar-refractivity contribution in [2.75, 3.05) is 5.32 Å². The van der Waals surface area contributed by atoms with E-state index in [1.54, 1.807) is 6.07 Å². The Morgan fingerprint density at radius 1 is 1.03 bits per heavy atom. The average molecular weight is 414 g/mol. The lowest BCUT2D eigenvalue weighted by Crippen LogP contribution is -2.07. The van der Waals surface area contributed by atoms with E-state index in [0.717, 1.165) is 34.0 Å². The van der Waals surface area contributed by atoms with Crippen molar-refractivity contribution in [2.24, 2.45) is 0 Å². The van der Waals surface area contributed by atoms with Crippen molar-refractivity contribution in [1.82, 2.24) is 15.0 Å². The Morgan fingerprint density at radius 3 is 2.59 bits per heavy atom. The highest BCUT2D eigenvalue weighted by Gasteiger charge is 2.32. The van der Waals surface area contributed by atoms with Crippen LogP contribution in [0.4, 0.5) is 24.5 Å². The zero-order valence-electron chi connectivity index (χ0n) is 15.4. The number of thioether (sulfide) groups is 1. The van der Waals surface area contributed by atoms with Gasteiger partial charge in [-0.15, -0.1) is 11.8 Å². The number of aromatic nitrogens is 3. The molecule has 0 bridgehead atoms. The third kappa shape index (κ3) is 4.54. The van der Waals surface area contributed by atoms with Gasteiger partial charge in [0.2, 0.25) is 0 Å². The van der Waals surface area contributed by atoms with E-state index in [1.807, 2.05) is 49.4 Å². The highest BCUT2D eigenvalue weighted by molar-refractivity contribution is 7.98. The summed E-state index contributed by atoms with van der Waals surface area (Å²) in [5.41, 5.74) is 3.79. The van der Waals surface area contributed by atoms with Crippen LogP contribution in [0.3, 0.4) is 0 Å². The van der Waals surface area contributed by atoms with Crippen LogP contribution in [0.1, 0.15) is 17.1 Å². The van der Waals surface area contributed by atoms with Gasteiger partial charge in [-0.3, -0.25) is 4.98 Å². The molecule has 2 heterocycles. The van der Waals surface area contributed by atoms with Crippen molar-refractivity contribution >= 4 is 34.2 Å². The number of hydrogen-bond donors (Lipinski definition) is 2. The lowest BCUT2D eigenvalue weighted by Gasteiger charge is -2.07. The number of benzene rings is 2. The second-order valence-electron chi connectivity index (χ2n) is 6.53. The molecule has 2 aromatic carbocycles. The van der Waals surface area contributed by atoms with Crippen LogP contribution in [0.2, 0.25) is 0 Å². The molecule has 0 fully saturated rings. The lowest BCUT2D eigenvalue weighted by atomic mass is 10.1. The first kappa shape index (κ1) is 19.3. The number of aromatic amines is 1. The van der Waals surface area contributed by atoms with Gasteiger partial charge in [-0.2, -0.15) is 13.2 Å². The number of halogens is 3. The highest BCUT2D eigenvalue weighted by atomic mass is 32.2. The summed E-state index contributed by atoms with van der Waals surface area (Å²) >= 11 is 1.28. The normalized spacial score (nSPS) is 11.7. The van der Waals surface area contributed by atoms with Gasteiger partial charge in [0.1, 0.15) is 11.5 Å². The van der Waals surface area contributed by atoms with Gasteiger partial charge >= 0.3 is 6.18 Å². The van der Waals surface area contributed by atoms with Crippen molar-refractivity contribution in [2.45, 2.75) is 23.7 Å². The second-order valence-corrected chi connectivity index (χ2v) is 7.57. The van der Waals surface area contributed by atoms with Gasteiger partial charge in [0.15, 0.2) is 0 Å². The van der Waals surface area contributed by atoms with E-state index in [2.05, 4.69) is 20.3 Å². The zero-order chi connectivity index (χ0) is 20.4. The largest absolute Gasteiger partial charge is 0.433 e. The van der Waals surface area contributed by atoms with E-state index in [4.69, 9.17) is 0 Å². The molecule has 0 aliphatic carbocycles. The quantitative estimate of drug-likeness (QED) is 0.375. The number of nitrogens with one attached hydrogen (secondary N) is 2. The fourth-order valence-corrected chi connectivity index (χ4v) is 3.77. The Hall–Kier alpha value is -3.00. The van der Waals surface area contributed by atoms with E-state index in [9.17, 15) is 13.2 Å². The zero-order valence-corrected chi connectivity index (χ0v) is 16.2. The lowest BCUT2D eigenvalue weighted by molar-refractivity contribution is -0.141. The van der Waals surface area contributed by atoms with Crippen LogP contribution < -0.4 is 5.32 Å². The first-order valence-electron chi connectivity index (χ1n) is 8.86. The maximum Gasteiger partial charge on any atom is 0.433 e. The molecule has 4 aromatic rings. The fourth-order valence-electron chi connectivity index (χ4n) is 2.97. The molecule has 2 aromatic heterocycles. The van der Waals surface area contributed by atoms with Crippen LogP contribution in [-0.2, 0) is 11.9 Å². The maximum atomic E-state index is 12.8. The Labute approximate surface area is 169 Å². The van der Waals surface area contributed by atoms with E-state index in [1.165, 1.54) is 18.0 Å². The fraction of sp³-hybridized carbons (Fsp3) is 0.143. The van der Waals surface area contributed by atoms with Gasteiger partial charge in [0, 0.05) is 22.5 Å². The number of para-hydroxylation sites is 1. The Balaban J connectivity index is 1.52. The van der Waals surface area contributed by atoms with Crippen LogP contribution in [-0.4, -0.2) is 15.0 Å². The molecule has 0 spiro atoms. The standard InChI is InChI=1S/C21H17F3N4S/c1-13-9-15(26-14-5-3-2-4-6-14)10-17-20(13)28-19(27-17)12-29-16-7-8-25-18(11-16)21(22,23)24/h2-11,26H,12H2,1H3,(H,27,28). The molecule has 0 saturated carbocycles. The average Bonchev–Trinajstić information content (AvgIpc) is 3.10. The molecule has 0 unspecified atom stereocenters. The van der Waals surface area contributed by atoms with Gasteiger partial charge in [0.25, 0.3) is 0 Å². The van der Waals surface area contributed by atoms with Crippen molar-refractivity contribution in [3.63, 3.8) is 0 Å². The van der Waals surface area contributed by atoms with Crippen molar-refractivity contribution in [3.05, 3.63) is 77.9 Å². The van der Waals surface area contributed by atoms with Crippen LogP contribution in [0.5, 0.6) is 0 Å². The number of fused-ring (bicyclic) bond motifs is 1. The first-order chi connectivity index (χ1) is 13.9. The van der Waals surface area contributed by atoms with E-state index < -0.39 is 11.9 Å². The molecule has 0 aliphatic heterocycles. The van der Waals surface area contributed by atoms with E-state index in [0.29, 0.717) is 16.5 Å².